The van der Waals surface area contributed by atoms with Gasteiger partial charge in [-0.25, -0.2) is 10.2 Å². The number of nitrogens with zero attached hydrogens (tertiary/aromatic N) is 1. The zero-order chi connectivity index (χ0) is 14.7. The van der Waals surface area contributed by atoms with E-state index in [-0.39, 0.29) is 23.7 Å². The largest absolute Gasteiger partial charge is 0.508 e. The molecule has 104 valence electrons. The second-order valence-corrected chi connectivity index (χ2v) is 4.54. The molecule has 0 fully saturated rings. The molecular weight excluding hydrogens is 260 g/mol. The maximum Gasteiger partial charge on any atom is 0.336 e. The van der Waals surface area contributed by atoms with Crippen molar-refractivity contribution in [1.29, 1.82) is 0 Å². The number of rotatable bonds is 3. The number of fused-ring (bicyclic) bond motifs is 1. The fourth-order valence-electron chi connectivity index (χ4n) is 1.75. The number of amides is 1. The van der Waals surface area contributed by atoms with Crippen molar-refractivity contribution in [3.05, 3.63) is 40.2 Å². The number of nitrogens with one attached hydrogen (secondary N) is 1. The van der Waals surface area contributed by atoms with Gasteiger partial charge in [-0.3, -0.25) is 4.79 Å². The summed E-state index contributed by atoms with van der Waals surface area (Å²) in [6.07, 6.45) is 0.00363. The Balaban J connectivity index is 2.36. The van der Waals surface area contributed by atoms with Gasteiger partial charge < -0.3 is 9.52 Å². The molecule has 0 aliphatic carbocycles. The zero-order valence-electron chi connectivity index (χ0n) is 11.1. The highest BCUT2D eigenvalue weighted by Crippen LogP contribution is 2.21. The first kappa shape index (κ1) is 13.8. The van der Waals surface area contributed by atoms with Gasteiger partial charge in [0, 0.05) is 23.2 Å². The summed E-state index contributed by atoms with van der Waals surface area (Å²) in [4.78, 5) is 23.2. The summed E-state index contributed by atoms with van der Waals surface area (Å²) in [5.74, 6) is -0.334. The number of phenolic OH excluding ortho intramolecular Hbond substituents is 1. The van der Waals surface area contributed by atoms with Crippen molar-refractivity contribution in [3.8, 4) is 5.75 Å². The molecule has 0 unspecified atom stereocenters. The van der Waals surface area contributed by atoms with Crippen molar-refractivity contribution in [3.63, 3.8) is 0 Å². The van der Waals surface area contributed by atoms with Gasteiger partial charge in [0.05, 0.1) is 6.42 Å². The van der Waals surface area contributed by atoms with Crippen LogP contribution in [0.5, 0.6) is 5.75 Å². The Hall–Kier alpha value is -2.63. The number of hydrogen-bond acceptors (Lipinski definition) is 5. The summed E-state index contributed by atoms with van der Waals surface area (Å²) in [5.41, 5.74) is 3.32. The summed E-state index contributed by atoms with van der Waals surface area (Å²) >= 11 is 0. The molecule has 0 saturated heterocycles. The SMILES string of the molecule is CC(C)=NNC(=O)Cc1cc(=O)oc2cc(O)ccc12. The van der Waals surface area contributed by atoms with Gasteiger partial charge in [-0.2, -0.15) is 5.10 Å². The number of phenols is 1. The summed E-state index contributed by atoms with van der Waals surface area (Å²) in [6, 6.07) is 5.68. The van der Waals surface area contributed by atoms with Crippen molar-refractivity contribution in [2.24, 2.45) is 5.10 Å². The van der Waals surface area contributed by atoms with Crippen molar-refractivity contribution in [2.45, 2.75) is 20.3 Å². The second-order valence-electron chi connectivity index (χ2n) is 4.54. The highest BCUT2D eigenvalue weighted by molar-refractivity contribution is 5.88. The van der Waals surface area contributed by atoms with Crippen LogP contribution in [0.2, 0.25) is 0 Å². The highest BCUT2D eigenvalue weighted by Gasteiger charge is 2.10. The molecule has 0 aliphatic heterocycles. The first-order valence-corrected chi connectivity index (χ1v) is 6.01. The summed E-state index contributed by atoms with van der Waals surface area (Å²) in [5, 5.41) is 13.8. The predicted molar refractivity (Wildman–Crippen MR) is 74.8 cm³/mol. The smallest absolute Gasteiger partial charge is 0.336 e. The average Bonchev–Trinajstić information content (AvgIpc) is 2.35. The van der Waals surface area contributed by atoms with Crippen molar-refractivity contribution < 1.29 is 14.3 Å². The topological polar surface area (TPSA) is 91.9 Å². The molecule has 2 rings (SSSR count). The van der Waals surface area contributed by atoms with E-state index in [0.717, 1.165) is 5.71 Å². The van der Waals surface area contributed by atoms with Gasteiger partial charge in [0.2, 0.25) is 5.91 Å². The Kier molecular flexibility index (Phi) is 3.84. The van der Waals surface area contributed by atoms with Crippen LogP contribution in [0, 0.1) is 0 Å². The van der Waals surface area contributed by atoms with Crippen LogP contribution in [-0.4, -0.2) is 16.7 Å². The molecule has 1 aromatic carbocycles. The third-order valence-electron chi connectivity index (χ3n) is 2.57. The Labute approximate surface area is 114 Å². The molecule has 0 radical (unpaired) electrons. The zero-order valence-corrected chi connectivity index (χ0v) is 11.1. The van der Waals surface area contributed by atoms with Crippen LogP contribution in [0.25, 0.3) is 11.0 Å². The van der Waals surface area contributed by atoms with Crippen molar-refractivity contribution >= 4 is 22.6 Å². The molecule has 0 spiro atoms. The lowest BCUT2D eigenvalue weighted by Gasteiger charge is -2.05. The van der Waals surface area contributed by atoms with Gasteiger partial charge in [0.25, 0.3) is 0 Å². The average molecular weight is 274 g/mol. The predicted octanol–water partition coefficient (Wildman–Crippen LogP) is 1.55. The molecule has 0 atom stereocenters. The van der Waals surface area contributed by atoms with Crippen LogP contribution in [0.1, 0.15) is 19.4 Å². The van der Waals surface area contributed by atoms with E-state index in [0.29, 0.717) is 10.9 Å². The molecule has 2 aromatic rings. The standard InChI is InChI=1S/C14H14N2O4/c1-8(2)15-16-13(18)5-9-6-14(19)20-12-7-10(17)3-4-11(9)12/h3-4,6-7,17H,5H2,1-2H3,(H,16,18). The quantitative estimate of drug-likeness (QED) is 0.504. The number of benzene rings is 1. The molecule has 1 heterocycles. The fourth-order valence-corrected chi connectivity index (χ4v) is 1.75. The molecule has 1 amide bonds. The number of carbonyl (C=O) groups excluding carboxylic acids is 1. The van der Waals surface area contributed by atoms with Crippen molar-refractivity contribution in [1.82, 2.24) is 5.43 Å². The van der Waals surface area contributed by atoms with E-state index in [1.54, 1.807) is 19.9 Å². The van der Waals surface area contributed by atoms with Crippen LogP contribution >= 0.6 is 0 Å². The van der Waals surface area contributed by atoms with Gasteiger partial charge in [-0.15, -0.1) is 0 Å². The van der Waals surface area contributed by atoms with E-state index in [9.17, 15) is 14.7 Å². The molecule has 2 N–H and O–H groups in total. The van der Waals surface area contributed by atoms with E-state index >= 15 is 0 Å². The maximum atomic E-state index is 11.7. The number of aromatic hydroxyl groups is 1. The minimum atomic E-state index is -0.568. The first-order valence-electron chi connectivity index (χ1n) is 6.01. The van der Waals surface area contributed by atoms with Gasteiger partial charge in [0.15, 0.2) is 0 Å². The van der Waals surface area contributed by atoms with E-state index in [1.807, 2.05) is 0 Å². The molecule has 20 heavy (non-hydrogen) atoms. The Morgan fingerprint density at radius 3 is 2.80 bits per heavy atom. The molecule has 6 nitrogen and oxygen atoms in total. The normalized spacial score (nSPS) is 10.3. The molecule has 1 aromatic heterocycles. The van der Waals surface area contributed by atoms with Gasteiger partial charge in [-0.05, 0) is 31.5 Å². The summed E-state index contributed by atoms with van der Waals surface area (Å²) in [7, 11) is 0. The van der Waals surface area contributed by atoms with Crippen molar-refractivity contribution in [2.75, 3.05) is 0 Å². The second kappa shape index (κ2) is 5.56. The third kappa shape index (κ3) is 3.23. The number of carbonyl (C=O) groups is 1. The first-order chi connectivity index (χ1) is 9.45. The van der Waals surface area contributed by atoms with Gasteiger partial charge in [-0.1, -0.05) is 0 Å². The van der Waals surface area contributed by atoms with Crippen LogP contribution < -0.4 is 11.1 Å². The minimum absolute atomic E-state index is 0.00363. The molecule has 0 aliphatic rings. The highest BCUT2D eigenvalue weighted by atomic mass is 16.4. The summed E-state index contributed by atoms with van der Waals surface area (Å²) in [6.45, 7) is 3.52. The maximum absolute atomic E-state index is 11.7. The lowest BCUT2D eigenvalue weighted by Crippen LogP contribution is -2.21. The monoisotopic (exact) mass is 274 g/mol. The summed E-state index contributed by atoms with van der Waals surface area (Å²) < 4.78 is 4.99. The Morgan fingerprint density at radius 2 is 2.10 bits per heavy atom. The molecule has 0 saturated carbocycles. The molecule has 6 heteroatoms. The number of hydrogen-bond donors (Lipinski definition) is 2. The van der Waals surface area contributed by atoms with E-state index in [2.05, 4.69) is 10.5 Å². The van der Waals surface area contributed by atoms with Crippen LogP contribution in [0.15, 0.2) is 38.6 Å². The third-order valence-corrected chi connectivity index (χ3v) is 2.57. The fraction of sp³-hybridized carbons (Fsp3) is 0.214. The van der Waals surface area contributed by atoms with E-state index in [1.165, 1.54) is 18.2 Å². The lowest BCUT2D eigenvalue weighted by atomic mass is 10.1. The van der Waals surface area contributed by atoms with Crippen LogP contribution in [0.3, 0.4) is 0 Å². The van der Waals surface area contributed by atoms with E-state index < -0.39 is 5.63 Å². The molecule has 0 bridgehead atoms. The Bertz CT molecular complexity index is 742. The van der Waals surface area contributed by atoms with Crippen LogP contribution in [0.4, 0.5) is 0 Å². The lowest BCUT2D eigenvalue weighted by molar-refractivity contribution is -0.120. The van der Waals surface area contributed by atoms with Gasteiger partial charge in [0.1, 0.15) is 11.3 Å². The molecular formula is C14H14N2O4. The van der Waals surface area contributed by atoms with Crippen LogP contribution in [-0.2, 0) is 11.2 Å². The minimum Gasteiger partial charge on any atom is -0.508 e. The number of hydrazone groups is 1. The Morgan fingerprint density at radius 1 is 1.35 bits per heavy atom. The van der Waals surface area contributed by atoms with E-state index in [4.69, 9.17) is 4.42 Å². The van der Waals surface area contributed by atoms with Gasteiger partial charge >= 0.3 is 5.63 Å².